The quantitative estimate of drug-likeness (QED) is 0.171. The van der Waals surface area contributed by atoms with Crippen molar-refractivity contribution >= 4 is 29.8 Å². The Morgan fingerprint density at radius 2 is 1.54 bits per heavy atom. The largest absolute Gasteiger partial charge is 0.472 e. The number of aliphatic hydroxyl groups is 2. The van der Waals surface area contributed by atoms with E-state index in [1.54, 1.807) is 33.3 Å². The van der Waals surface area contributed by atoms with Crippen molar-refractivity contribution in [2.24, 2.45) is 39.9 Å². The molecule has 0 aromatic carbocycles. The summed E-state index contributed by atoms with van der Waals surface area (Å²) < 4.78 is 36.1. The number of carbonyl (C=O) groups is 5. The summed E-state index contributed by atoms with van der Waals surface area (Å²) >= 11 is 0. The summed E-state index contributed by atoms with van der Waals surface area (Å²) in [7, 11) is 0. The van der Waals surface area contributed by atoms with Gasteiger partial charge in [0, 0.05) is 47.8 Å². The molecule has 0 bridgehead atoms. The fourth-order valence-electron chi connectivity index (χ4n) is 10.6. The van der Waals surface area contributed by atoms with Gasteiger partial charge in [0.25, 0.3) is 0 Å². The average molecular weight is 759 g/mol. The lowest BCUT2D eigenvalue weighted by atomic mass is 9.39. The number of cyclic esters (lactones) is 1. The first-order chi connectivity index (χ1) is 25.2. The van der Waals surface area contributed by atoms with E-state index in [0.717, 1.165) is 11.1 Å². The molecular formula is C41H58O13. The Morgan fingerprint density at radius 1 is 0.907 bits per heavy atom. The van der Waals surface area contributed by atoms with E-state index >= 15 is 0 Å². The summed E-state index contributed by atoms with van der Waals surface area (Å²) in [5.41, 5.74) is -2.93. The molecule has 1 aromatic rings. The number of fused-ring (bicyclic) bond motifs is 5. The smallest absolute Gasteiger partial charge is 0.348 e. The molecule has 13 atom stereocenters. The van der Waals surface area contributed by atoms with Gasteiger partial charge in [-0.25, -0.2) is 9.59 Å². The molecule has 2 heterocycles. The van der Waals surface area contributed by atoms with Gasteiger partial charge >= 0.3 is 29.8 Å². The van der Waals surface area contributed by atoms with Crippen LogP contribution in [0.3, 0.4) is 0 Å². The molecule has 300 valence electrons. The summed E-state index contributed by atoms with van der Waals surface area (Å²) in [4.78, 5) is 66.5. The minimum absolute atomic E-state index is 0.0823. The highest BCUT2D eigenvalue weighted by Crippen LogP contribution is 2.73. The molecule has 13 heteroatoms. The van der Waals surface area contributed by atoms with E-state index in [2.05, 4.69) is 6.08 Å². The van der Waals surface area contributed by atoms with Crippen LogP contribution >= 0.6 is 0 Å². The van der Waals surface area contributed by atoms with Crippen molar-refractivity contribution < 1.29 is 62.3 Å². The number of rotatable bonds is 11. The molecule has 0 unspecified atom stereocenters. The lowest BCUT2D eigenvalue weighted by Crippen LogP contribution is -2.70. The van der Waals surface area contributed by atoms with Crippen LogP contribution in [-0.4, -0.2) is 82.8 Å². The van der Waals surface area contributed by atoms with Crippen LogP contribution < -0.4 is 0 Å². The minimum atomic E-state index is -1.50. The number of furan rings is 1. The molecule has 0 radical (unpaired) electrons. The first-order valence-corrected chi connectivity index (χ1v) is 19.2. The zero-order valence-corrected chi connectivity index (χ0v) is 33.2. The molecular weight excluding hydrogens is 700 g/mol. The third kappa shape index (κ3) is 6.77. The van der Waals surface area contributed by atoms with Crippen LogP contribution in [0.5, 0.6) is 0 Å². The number of hydrogen-bond donors (Lipinski definition) is 2. The summed E-state index contributed by atoms with van der Waals surface area (Å²) in [6, 6.07) is 1.87. The number of allylic oxidation sites excluding steroid dienone is 1. The SMILES string of the molecule is CC[C@H](C)[C@@H](OC(C)=O)C(=O)O[C@@H]1C[C@H]2[C@](C)(C3=CC[C@@H](c4ccoc4)[C@@]31C)[C@H](OC(=O)[C@H](O)C(C)C)C[C@@H]1[C@]2(C)[C@@H](OC(C)=O)CC(=O)O[C@]1(C)CO. The molecule has 2 N–H and O–H groups in total. The zero-order chi connectivity index (χ0) is 40.1. The van der Waals surface area contributed by atoms with Gasteiger partial charge in [-0.2, -0.15) is 0 Å². The molecule has 3 aliphatic carbocycles. The van der Waals surface area contributed by atoms with Gasteiger partial charge in [0.05, 0.1) is 25.6 Å². The summed E-state index contributed by atoms with van der Waals surface area (Å²) in [5.74, 6) is -5.88. The molecule has 54 heavy (non-hydrogen) atoms. The second-order valence-electron chi connectivity index (χ2n) is 17.2. The van der Waals surface area contributed by atoms with Gasteiger partial charge in [0.2, 0.25) is 6.10 Å². The lowest BCUT2D eigenvalue weighted by molar-refractivity contribution is -0.247. The zero-order valence-electron chi connectivity index (χ0n) is 33.2. The van der Waals surface area contributed by atoms with Crippen LogP contribution in [0, 0.1) is 39.9 Å². The van der Waals surface area contributed by atoms with Crippen LogP contribution in [0.4, 0.5) is 0 Å². The number of aliphatic hydroxyl groups excluding tert-OH is 2. The average Bonchev–Trinajstić information content (AvgIpc) is 3.74. The summed E-state index contributed by atoms with van der Waals surface area (Å²) in [6.07, 6.45) is 0.858. The maximum atomic E-state index is 14.3. The maximum Gasteiger partial charge on any atom is 0.348 e. The van der Waals surface area contributed by atoms with Crippen molar-refractivity contribution in [1.82, 2.24) is 0 Å². The van der Waals surface area contributed by atoms with Crippen molar-refractivity contribution in [2.75, 3.05) is 6.61 Å². The van der Waals surface area contributed by atoms with E-state index in [9.17, 15) is 34.2 Å². The number of hydrogen-bond acceptors (Lipinski definition) is 13. The first kappa shape index (κ1) is 41.5. The Balaban J connectivity index is 1.77. The molecule has 13 nitrogen and oxygen atoms in total. The van der Waals surface area contributed by atoms with Crippen molar-refractivity contribution in [1.29, 1.82) is 0 Å². The van der Waals surface area contributed by atoms with Crippen molar-refractivity contribution in [3.63, 3.8) is 0 Å². The van der Waals surface area contributed by atoms with Gasteiger partial charge in [0.15, 0.2) is 6.10 Å². The predicted molar refractivity (Wildman–Crippen MR) is 192 cm³/mol. The Kier molecular flexibility index (Phi) is 11.6. The monoisotopic (exact) mass is 758 g/mol. The second kappa shape index (κ2) is 15.1. The van der Waals surface area contributed by atoms with Crippen LogP contribution in [0.15, 0.2) is 34.7 Å². The second-order valence-corrected chi connectivity index (χ2v) is 17.2. The highest BCUT2D eigenvalue weighted by molar-refractivity contribution is 5.79. The normalized spacial score (nSPS) is 37.6. The van der Waals surface area contributed by atoms with Gasteiger partial charge in [-0.1, -0.05) is 60.1 Å². The van der Waals surface area contributed by atoms with E-state index in [1.807, 2.05) is 40.7 Å². The van der Waals surface area contributed by atoms with Gasteiger partial charge in [-0.3, -0.25) is 14.4 Å². The molecule has 0 amide bonds. The van der Waals surface area contributed by atoms with Crippen molar-refractivity contribution in [3.05, 3.63) is 35.8 Å². The van der Waals surface area contributed by atoms with Crippen LogP contribution in [-0.2, 0) is 47.7 Å². The van der Waals surface area contributed by atoms with Crippen molar-refractivity contribution in [2.45, 2.75) is 143 Å². The molecule has 3 fully saturated rings. The Labute approximate surface area is 317 Å². The van der Waals surface area contributed by atoms with Crippen LogP contribution in [0.1, 0.15) is 113 Å². The fourth-order valence-corrected chi connectivity index (χ4v) is 10.6. The predicted octanol–water partition coefficient (Wildman–Crippen LogP) is 5.20. The first-order valence-electron chi connectivity index (χ1n) is 19.2. The molecule has 1 saturated heterocycles. The minimum Gasteiger partial charge on any atom is -0.472 e. The number of esters is 5. The third-order valence-electron chi connectivity index (χ3n) is 13.7. The van der Waals surface area contributed by atoms with Gasteiger partial charge in [0.1, 0.15) is 23.9 Å². The van der Waals surface area contributed by atoms with Crippen LogP contribution in [0.25, 0.3) is 0 Å². The molecule has 1 aliphatic heterocycles. The summed E-state index contributed by atoms with van der Waals surface area (Å²) in [5, 5.41) is 21.9. The molecule has 5 rings (SSSR count). The Hall–Kier alpha value is -3.71. The van der Waals surface area contributed by atoms with Gasteiger partial charge in [-0.05, 0) is 56.1 Å². The van der Waals surface area contributed by atoms with E-state index in [-0.39, 0.29) is 31.1 Å². The number of carbonyl (C=O) groups excluding carboxylic acids is 5. The van der Waals surface area contributed by atoms with E-state index in [4.69, 9.17) is 28.1 Å². The van der Waals surface area contributed by atoms with Gasteiger partial charge in [-0.15, -0.1) is 0 Å². The van der Waals surface area contributed by atoms with E-state index in [0.29, 0.717) is 12.8 Å². The molecule has 2 saturated carbocycles. The standard InChI is InChI=1S/C41H58O13/c1-11-22(4)35(51-24(6)44)37(48)53-30-17-29-40(9,27-13-12-26(39(27,30)8)25-14-15-49-19-25)31(52-36(47)34(46)21(2)3)16-28-38(7,20-42)54-33(45)18-32(41(28,29)10)50-23(5)43/h13-15,19,21-22,26,28-32,34-35,42,46H,11-12,16-18,20H2,1-10H3/t22-,26-,28-,29-,30+,31+,32-,34+,35+,38+,39-,40-,41-/m0/s1. The Morgan fingerprint density at radius 3 is 2.09 bits per heavy atom. The van der Waals surface area contributed by atoms with E-state index in [1.165, 1.54) is 13.8 Å². The highest BCUT2D eigenvalue weighted by atomic mass is 16.6. The van der Waals surface area contributed by atoms with Crippen molar-refractivity contribution in [3.8, 4) is 0 Å². The van der Waals surface area contributed by atoms with E-state index < -0.39 is 107 Å². The molecule has 4 aliphatic rings. The Bertz CT molecular complexity index is 1630. The third-order valence-corrected chi connectivity index (χ3v) is 13.7. The topological polar surface area (TPSA) is 185 Å². The lowest BCUT2D eigenvalue weighted by Gasteiger charge is -2.67. The number of ether oxygens (including phenoxy) is 5. The molecule has 0 spiro atoms. The maximum absolute atomic E-state index is 14.3. The fraction of sp³-hybridized carbons (Fsp3) is 0.732. The van der Waals surface area contributed by atoms with Crippen LogP contribution in [0.2, 0.25) is 0 Å². The highest BCUT2D eigenvalue weighted by Gasteiger charge is 2.74. The van der Waals surface area contributed by atoms with Gasteiger partial charge < -0.3 is 38.3 Å². The summed E-state index contributed by atoms with van der Waals surface area (Å²) in [6.45, 7) is 16.6. The molecule has 1 aromatic heterocycles.